The average Bonchev–Trinajstić information content (AvgIpc) is 2.65. The van der Waals surface area contributed by atoms with Gasteiger partial charge in [0.15, 0.2) is 0 Å². The molecule has 1 atom stereocenters. The quantitative estimate of drug-likeness (QED) is 0.497. The summed E-state index contributed by atoms with van der Waals surface area (Å²) in [7, 11) is 0. The van der Waals surface area contributed by atoms with Crippen LogP contribution < -0.4 is 5.69 Å². The molecule has 0 bridgehead atoms. The minimum absolute atomic E-state index is 0.198. The third-order valence-electron chi connectivity index (χ3n) is 4.02. The largest absolute Gasteiger partial charge is 0.357 e. The average molecular weight is 462 g/mol. The van der Waals surface area contributed by atoms with Gasteiger partial charge in [0, 0.05) is 18.4 Å². The molecule has 2 aromatic carbocycles. The highest BCUT2D eigenvalue weighted by Gasteiger charge is 2.13. The zero-order valence-corrected chi connectivity index (χ0v) is 16.9. The summed E-state index contributed by atoms with van der Waals surface area (Å²) in [5.41, 5.74) is 3.29. The maximum atomic E-state index is 12.4. The highest BCUT2D eigenvalue weighted by Crippen LogP contribution is 2.23. The van der Waals surface area contributed by atoms with Crippen LogP contribution in [0.3, 0.4) is 0 Å². The SMILES string of the molecule is CC(CSn1c(Cc2ccccc2)c(I)cnc1=O)c1ccccc1. The number of hydrogen-bond acceptors (Lipinski definition) is 3. The first kappa shape index (κ1) is 18.2. The zero-order chi connectivity index (χ0) is 17.6. The van der Waals surface area contributed by atoms with Gasteiger partial charge in [-0.3, -0.25) is 0 Å². The van der Waals surface area contributed by atoms with Gasteiger partial charge in [0.2, 0.25) is 0 Å². The zero-order valence-electron chi connectivity index (χ0n) is 13.9. The maximum absolute atomic E-state index is 12.4. The van der Waals surface area contributed by atoms with Crippen molar-refractivity contribution in [2.75, 3.05) is 5.75 Å². The van der Waals surface area contributed by atoms with Gasteiger partial charge in [0.05, 0.1) is 9.26 Å². The predicted molar refractivity (Wildman–Crippen MR) is 113 cm³/mol. The van der Waals surface area contributed by atoms with E-state index in [1.165, 1.54) is 11.1 Å². The van der Waals surface area contributed by atoms with Gasteiger partial charge in [-0.05, 0) is 51.6 Å². The molecule has 0 aliphatic heterocycles. The lowest BCUT2D eigenvalue weighted by atomic mass is 10.0. The number of hydrogen-bond donors (Lipinski definition) is 0. The molecule has 3 rings (SSSR count). The van der Waals surface area contributed by atoms with Crippen LogP contribution in [0.25, 0.3) is 0 Å². The molecule has 0 fully saturated rings. The van der Waals surface area contributed by atoms with Crippen LogP contribution in [-0.2, 0) is 6.42 Å². The van der Waals surface area contributed by atoms with Gasteiger partial charge in [0.1, 0.15) is 0 Å². The van der Waals surface area contributed by atoms with E-state index in [2.05, 4.69) is 70.9 Å². The summed E-state index contributed by atoms with van der Waals surface area (Å²) < 4.78 is 2.77. The number of nitrogens with zero attached hydrogens (tertiary/aromatic N) is 2. The summed E-state index contributed by atoms with van der Waals surface area (Å²) in [6, 6.07) is 20.6. The Balaban J connectivity index is 1.83. The van der Waals surface area contributed by atoms with Crippen molar-refractivity contribution in [2.24, 2.45) is 0 Å². The molecule has 0 amide bonds. The van der Waals surface area contributed by atoms with Crippen LogP contribution >= 0.6 is 34.5 Å². The summed E-state index contributed by atoms with van der Waals surface area (Å²) in [6.07, 6.45) is 2.39. The van der Waals surface area contributed by atoms with Gasteiger partial charge >= 0.3 is 5.69 Å². The lowest BCUT2D eigenvalue weighted by molar-refractivity contribution is 0.863. The van der Waals surface area contributed by atoms with Gasteiger partial charge in [-0.15, -0.1) is 0 Å². The van der Waals surface area contributed by atoms with E-state index in [4.69, 9.17) is 0 Å². The Morgan fingerprint density at radius 1 is 1.08 bits per heavy atom. The Morgan fingerprint density at radius 2 is 1.72 bits per heavy atom. The van der Waals surface area contributed by atoms with Crippen molar-refractivity contribution in [1.82, 2.24) is 8.96 Å². The van der Waals surface area contributed by atoms with E-state index in [1.807, 2.05) is 24.3 Å². The first-order chi connectivity index (χ1) is 12.1. The Morgan fingerprint density at radius 3 is 2.40 bits per heavy atom. The molecule has 3 nitrogen and oxygen atoms in total. The third kappa shape index (κ3) is 4.73. The lowest BCUT2D eigenvalue weighted by Crippen LogP contribution is -2.24. The van der Waals surface area contributed by atoms with Gasteiger partial charge in [-0.1, -0.05) is 67.6 Å². The summed E-state index contributed by atoms with van der Waals surface area (Å²) in [5.74, 6) is 1.19. The van der Waals surface area contributed by atoms with Crippen molar-refractivity contribution in [3.05, 3.63) is 97.7 Å². The molecule has 0 radical (unpaired) electrons. The molecule has 128 valence electrons. The van der Waals surface area contributed by atoms with E-state index in [-0.39, 0.29) is 5.69 Å². The van der Waals surface area contributed by atoms with E-state index in [0.29, 0.717) is 5.92 Å². The molecule has 1 unspecified atom stereocenters. The molecule has 0 saturated carbocycles. The van der Waals surface area contributed by atoms with Crippen molar-refractivity contribution in [2.45, 2.75) is 19.3 Å². The highest BCUT2D eigenvalue weighted by molar-refractivity contribution is 14.1. The van der Waals surface area contributed by atoms with E-state index in [0.717, 1.165) is 21.4 Å². The van der Waals surface area contributed by atoms with Crippen molar-refractivity contribution >= 4 is 34.5 Å². The Hall–Kier alpha value is -1.60. The van der Waals surface area contributed by atoms with Gasteiger partial charge in [-0.25, -0.2) is 8.77 Å². The second-order valence-electron chi connectivity index (χ2n) is 5.90. The molecule has 0 spiro atoms. The Bertz CT molecular complexity index is 881. The molecule has 0 N–H and O–H groups in total. The van der Waals surface area contributed by atoms with Gasteiger partial charge < -0.3 is 0 Å². The van der Waals surface area contributed by atoms with E-state index < -0.39 is 0 Å². The smallest absolute Gasteiger partial charge is 0.245 e. The van der Waals surface area contributed by atoms with Crippen LogP contribution in [0.2, 0.25) is 0 Å². The Kier molecular flexibility index (Phi) is 6.31. The van der Waals surface area contributed by atoms with Gasteiger partial charge in [0.25, 0.3) is 0 Å². The molecule has 0 aliphatic carbocycles. The standard InChI is InChI=1S/C20H19IN2OS/c1-15(17-10-6-3-7-11-17)14-25-23-19(18(21)13-22-20(23)24)12-16-8-4-2-5-9-16/h2-11,13,15H,12,14H2,1H3. The lowest BCUT2D eigenvalue weighted by Gasteiger charge is -2.16. The molecule has 5 heteroatoms. The van der Waals surface area contributed by atoms with Gasteiger partial charge in [-0.2, -0.15) is 4.98 Å². The van der Waals surface area contributed by atoms with E-state index in [9.17, 15) is 4.79 Å². The molecule has 0 saturated heterocycles. The summed E-state index contributed by atoms with van der Waals surface area (Å²) in [6.45, 7) is 2.19. The molecule has 1 heterocycles. The fourth-order valence-electron chi connectivity index (χ4n) is 2.59. The number of aromatic nitrogens is 2. The van der Waals surface area contributed by atoms with Crippen molar-refractivity contribution in [3.8, 4) is 0 Å². The molecule has 1 aromatic heterocycles. The predicted octanol–water partition coefficient (Wildman–Crippen LogP) is 4.74. The third-order valence-corrected chi connectivity index (χ3v) is 6.20. The van der Waals surface area contributed by atoms with E-state index >= 15 is 0 Å². The second-order valence-corrected chi connectivity index (χ2v) is 8.02. The fourth-order valence-corrected chi connectivity index (χ4v) is 4.37. The first-order valence-electron chi connectivity index (χ1n) is 8.13. The number of rotatable bonds is 6. The minimum atomic E-state index is -0.198. The van der Waals surface area contributed by atoms with Crippen molar-refractivity contribution < 1.29 is 0 Å². The molecular formula is C20H19IN2OS. The molecular weight excluding hydrogens is 443 g/mol. The van der Waals surface area contributed by atoms with E-state index in [1.54, 1.807) is 22.1 Å². The fraction of sp³-hybridized carbons (Fsp3) is 0.200. The molecule has 0 aliphatic rings. The van der Waals surface area contributed by atoms with Crippen LogP contribution in [0.15, 0.2) is 71.7 Å². The summed E-state index contributed by atoms with van der Waals surface area (Å²) >= 11 is 3.81. The van der Waals surface area contributed by atoms with Crippen LogP contribution in [0.5, 0.6) is 0 Å². The maximum Gasteiger partial charge on any atom is 0.357 e. The monoisotopic (exact) mass is 462 g/mol. The second kappa shape index (κ2) is 8.67. The highest BCUT2D eigenvalue weighted by atomic mass is 127. The van der Waals surface area contributed by atoms with Crippen LogP contribution in [0, 0.1) is 3.57 Å². The summed E-state index contributed by atoms with van der Waals surface area (Å²) in [5, 5.41) is 0. The van der Waals surface area contributed by atoms with Crippen molar-refractivity contribution in [3.63, 3.8) is 0 Å². The first-order valence-corrected chi connectivity index (χ1v) is 10.2. The number of benzene rings is 2. The van der Waals surface area contributed by atoms with Crippen LogP contribution in [0.1, 0.15) is 29.7 Å². The van der Waals surface area contributed by atoms with Crippen LogP contribution in [0.4, 0.5) is 0 Å². The molecule has 25 heavy (non-hydrogen) atoms. The van der Waals surface area contributed by atoms with Crippen LogP contribution in [-0.4, -0.2) is 14.7 Å². The Labute approximate surface area is 165 Å². The normalized spacial score (nSPS) is 12.1. The topological polar surface area (TPSA) is 34.9 Å². The molecule has 3 aromatic rings. The minimum Gasteiger partial charge on any atom is -0.245 e. The van der Waals surface area contributed by atoms with Crippen molar-refractivity contribution in [1.29, 1.82) is 0 Å². The summed E-state index contributed by atoms with van der Waals surface area (Å²) in [4.78, 5) is 16.4. The number of halogens is 1.